The van der Waals surface area contributed by atoms with Crippen LogP contribution >= 0.6 is 15.9 Å². The number of carbonyl (C=O) groups is 1. The normalized spacial score (nSPS) is 23.8. The Labute approximate surface area is 129 Å². The van der Waals surface area contributed by atoms with Crippen LogP contribution in [0.3, 0.4) is 0 Å². The minimum absolute atomic E-state index is 0.369. The maximum Gasteiger partial charge on any atom is 0.430 e. The molecular weight excluding hydrogens is 341 g/mol. The van der Waals surface area contributed by atoms with E-state index in [0.717, 1.165) is 6.07 Å². The Morgan fingerprint density at radius 3 is 2.70 bits per heavy atom. The third-order valence-electron chi connectivity index (χ3n) is 2.64. The highest BCUT2D eigenvalue weighted by molar-refractivity contribution is 9.10. The van der Waals surface area contributed by atoms with Gasteiger partial charge < -0.3 is 9.84 Å². The van der Waals surface area contributed by atoms with Crippen LogP contribution in [-0.4, -0.2) is 23.4 Å². The molecule has 0 saturated carbocycles. The zero-order chi connectivity index (χ0) is 20.2. The van der Waals surface area contributed by atoms with Crippen molar-refractivity contribution in [3.05, 3.63) is 32.8 Å². The largest absolute Gasteiger partial charge is 0.478 e. The van der Waals surface area contributed by atoms with E-state index in [1.165, 1.54) is 0 Å². The number of ether oxygens (including phenoxy) is 1. The number of alkyl halides is 3. The summed E-state index contributed by atoms with van der Waals surface area (Å²) in [4.78, 5) is 11.2. The second kappa shape index (κ2) is 4.80. The zero-order valence-electron chi connectivity index (χ0n) is 15.5. The SMILES string of the molecule is [2H]C([2H])([2H])c1cc2c(c(C([2H])([2H])[2H])c1Br)C=C(C(=O)O)[C@@H](C(F)(F)F)O2. The molecule has 0 radical (unpaired) electrons. The zero-order valence-corrected chi connectivity index (χ0v) is 11.1. The summed E-state index contributed by atoms with van der Waals surface area (Å²) in [5, 5.41) is 9.05. The molecule has 1 aromatic carbocycles. The van der Waals surface area contributed by atoms with Crippen molar-refractivity contribution >= 4 is 28.0 Å². The van der Waals surface area contributed by atoms with Gasteiger partial charge in [-0.15, -0.1) is 0 Å². The molecule has 0 amide bonds. The van der Waals surface area contributed by atoms with Crippen molar-refractivity contribution in [1.82, 2.24) is 0 Å². The third-order valence-corrected chi connectivity index (χ3v) is 3.46. The number of hydrogen-bond acceptors (Lipinski definition) is 2. The van der Waals surface area contributed by atoms with Gasteiger partial charge in [0, 0.05) is 18.3 Å². The van der Waals surface area contributed by atoms with Crippen LogP contribution in [-0.2, 0) is 4.79 Å². The number of halogens is 4. The van der Waals surface area contributed by atoms with Gasteiger partial charge in [-0.3, -0.25) is 0 Å². The standard InChI is InChI=1S/C13H10BrF3O3/c1-5-3-9-7(6(2)10(5)14)4-8(12(18)19)11(20-9)13(15,16)17/h3-4,11H,1-2H3,(H,18,19)/t11-/m0/s1/i1D3,2D3. The van der Waals surface area contributed by atoms with Crippen LogP contribution in [0.5, 0.6) is 5.75 Å². The van der Waals surface area contributed by atoms with E-state index in [4.69, 9.17) is 18.1 Å². The molecule has 0 spiro atoms. The Morgan fingerprint density at radius 2 is 2.20 bits per heavy atom. The van der Waals surface area contributed by atoms with Crippen molar-refractivity contribution in [2.45, 2.75) is 26.0 Å². The fourth-order valence-electron chi connectivity index (χ4n) is 1.73. The van der Waals surface area contributed by atoms with Crippen LogP contribution in [0.4, 0.5) is 13.2 Å². The Bertz CT molecular complexity index is 798. The summed E-state index contributed by atoms with van der Waals surface area (Å²) in [6.45, 7) is -5.79. The van der Waals surface area contributed by atoms with E-state index in [1.807, 2.05) is 0 Å². The minimum atomic E-state index is -5.10. The molecule has 0 aromatic heterocycles. The topological polar surface area (TPSA) is 46.5 Å². The molecule has 2 rings (SSSR count). The Balaban J connectivity index is 2.89. The molecule has 1 aliphatic rings. The number of fused-ring (bicyclic) bond motifs is 1. The predicted octanol–water partition coefficient (Wildman–Crippen LogP) is 3.86. The van der Waals surface area contributed by atoms with Crippen molar-refractivity contribution in [3.8, 4) is 5.75 Å². The number of carboxylic acids is 1. The number of carboxylic acid groups (broad SMARTS) is 1. The van der Waals surface area contributed by atoms with Gasteiger partial charge in [-0.2, -0.15) is 13.2 Å². The monoisotopic (exact) mass is 356 g/mol. The molecule has 1 heterocycles. The summed E-state index contributed by atoms with van der Waals surface area (Å²) >= 11 is 2.87. The highest BCUT2D eigenvalue weighted by Crippen LogP contribution is 2.41. The summed E-state index contributed by atoms with van der Waals surface area (Å²) in [5.41, 5.74) is -2.84. The van der Waals surface area contributed by atoms with E-state index in [9.17, 15) is 18.0 Å². The Hall–Kier alpha value is -1.50. The van der Waals surface area contributed by atoms with E-state index in [-0.39, 0.29) is 4.47 Å². The minimum Gasteiger partial charge on any atom is -0.478 e. The van der Waals surface area contributed by atoms with E-state index in [1.54, 1.807) is 0 Å². The van der Waals surface area contributed by atoms with Gasteiger partial charge in [0.15, 0.2) is 0 Å². The number of benzene rings is 1. The maximum atomic E-state index is 13.1. The molecule has 0 saturated heterocycles. The molecule has 7 heteroatoms. The molecule has 1 aromatic rings. The summed E-state index contributed by atoms with van der Waals surface area (Å²) in [5.74, 6) is -2.61. The average Bonchev–Trinajstić information content (AvgIpc) is 2.41. The van der Waals surface area contributed by atoms with Crippen molar-refractivity contribution in [2.24, 2.45) is 0 Å². The van der Waals surface area contributed by atoms with Gasteiger partial charge in [-0.05, 0) is 37.0 Å². The van der Waals surface area contributed by atoms with Crippen LogP contribution in [0.25, 0.3) is 6.08 Å². The first-order valence-corrected chi connectivity index (χ1v) is 5.90. The van der Waals surface area contributed by atoms with Gasteiger partial charge in [-0.1, -0.05) is 15.9 Å². The number of aryl methyl sites for hydroxylation is 1. The quantitative estimate of drug-likeness (QED) is 0.830. The lowest BCUT2D eigenvalue weighted by Crippen LogP contribution is -2.40. The average molecular weight is 357 g/mol. The Morgan fingerprint density at radius 1 is 1.50 bits per heavy atom. The van der Waals surface area contributed by atoms with Gasteiger partial charge in [0.05, 0.1) is 5.57 Å². The van der Waals surface area contributed by atoms with Crippen molar-refractivity contribution in [2.75, 3.05) is 0 Å². The van der Waals surface area contributed by atoms with Crippen LogP contribution in [0.2, 0.25) is 0 Å². The lowest BCUT2D eigenvalue weighted by atomic mass is 9.96. The number of hydrogen-bond donors (Lipinski definition) is 1. The molecular formula is C13H10BrF3O3. The third kappa shape index (κ3) is 2.42. The van der Waals surface area contributed by atoms with Gasteiger partial charge in [0.2, 0.25) is 6.10 Å². The maximum absolute atomic E-state index is 13.1. The highest BCUT2D eigenvalue weighted by atomic mass is 79.9. The van der Waals surface area contributed by atoms with E-state index in [0.29, 0.717) is 6.08 Å². The molecule has 0 bridgehead atoms. The number of rotatable bonds is 1. The smallest absolute Gasteiger partial charge is 0.430 e. The second-order valence-electron chi connectivity index (χ2n) is 3.97. The molecule has 108 valence electrons. The van der Waals surface area contributed by atoms with Crippen LogP contribution < -0.4 is 4.74 Å². The fourth-order valence-corrected chi connectivity index (χ4v) is 2.06. The van der Waals surface area contributed by atoms with Gasteiger partial charge in [0.25, 0.3) is 0 Å². The lowest BCUT2D eigenvalue weighted by Gasteiger charge is -2.28. The first kappa shape index (κ1) is 8.71. The number of aliphatic carboxylic acids is 1. The lowest BCUT2D eigenvalue weighted by molar-refractivity contribution is -0.187. The first-order valence-electron chi connectivity index (χ1n) is 8.11. The fraction of sp³-hybridized carbons (Fsp3) is 0.308. The molecule has 3 nitrogen and oxygen atoms in total. The van der Waals surface area contributed by atoms with E-state index in [2.05, 4.69) is 15.9 Å². The molecule has 1 atom stereocenters. The molecule has 20 heavy (non-hydrogen) atoms. The summed E-state index contributed by atoms with van der Waals surface area (Å²) < 4.78 is 88.8. The highest BCUT2D eigenvalue weighted by Gasteiger charge is 2.48. The Kier molecular flexibility index (Phi) is 2.09. The van der Waals surface area contributed by atoms with Crippen LogP contribution in [0.15, 0.2) is 16.1 Å². The van der Waals surface area contributed by atoms with E-state index >= 15 is 0 Å². The summed E-state index contributed by atoms with van der Waals surface area (Å²) in [6.07, 6.45) is -7.41. The van der Waals surface area contributed by atoms with Crippen LogP contribution in [0.1, 0.15) is 24.9 Å². The van der Waals surface area contributed by atoms with Crippen molar-refractivity contribution < 1.29 is 36.0 Å². The van der Waals surface area contributed by atoms with Gasteiger partial charge in [0.1, 0.15) is 5.75 Å². The van der Waals surface area contributed by atoms with Crippen molar-refractivity contribution in [1.29, 1.82) is 0 Å². The molecule has 1 N–H and O–H groups in total. The van der Waals surface area contributed by atoms with E-state index < -0.39 is 60.0 Å². The first-order chi connectivity index (χ1) is 11.5. The van der Waals surface area contributed by atoms with Gasteiger partial charge >= 0.3 is 12.1 Å². The second-order valence-corrected chi connectivity index (χ2v) is 4.76. The molecule has 0 aliphatic carbocycles. The summed E-state index contributed by atoms with van der Waals surface area (Å²) in [7, 11) is 0. The molecule has 0 fully saturated rings. The van der Waals surface area contributed by atoms with Crippen LogP contribution in [0, 0.1) is 13.7 Å². The molecule has 0 unspecified atom stereocenters. The summed E-state index contributed by atoms with van der Waals surface area (Å²) in [6, 6.07) is 0.759. The van der Waals surface area contributed by atoms with Crippen molar-refractivity contribution in [3.63, 3.8) is 0 Å². The van der Waals surface area contributed by atoms with Gasteiger partial charge in [-0.25, -0.2) is 4.79 Å². The molecule has 1 aliphatic heterocycles. The predicted molar refractivity (Wildman–Crippen MR) is 69.7 cm³/mol.